The summed E-state index contributed by atoms with van der Waals surface area (Å²) >= 11 is 2.31. The number of nitrogens with zero attached hydrogens (tertiary/aromatic N) is 1. The number of hydrogen-bond donors (Lipinski definition) is 1. The van der Waals surface area contributed by atoms with Gasteiger partial charge < -0.3 is 15.0 Å². The Labute approximate surface area is 140 Å². The predicted octanol–water partition coefficient (Wildman–Crippen LogP) is 3.78. The molecule has 1 fully saturated rings. The van der Waals surface area contributed by atoms with Gasteiger partial charge in [0.25, 0.3) is 0 Å². The first kappa shape index (κ1) is 16.4. The van der Waals surface area contributed by atoms with E-state index in [2.05, 4.69) is 57.1 Å². The largest absolute Gasteiger partial charge is 0.444 e. The smallest absolute Gasteiger partial charge is 0.407 e. The first-order chi connectivity index (χ1) is 9.83. The summed E-state index contributed by atoms with van der Waals surface area (Å²) in [7, 11) is 0. The number of anilines is 1. The van der Waals surface area contributed by atoms with E-state index in [1.165, 1.54) is 9.26 Å². The summed E-state index contributed by atoms with van der Waals surface area (Å²) in [4.78, 5) is 14.1. The van der Waals surface area contributed by atoms with Crippen molar-refractivity contribution in [2.45, 2.75) is 45.3 Å². The molecule has 0 aliphatic carbocycles. The van der Waals surface area contributed by atoms with Crippen LogP contribution in [0.4, 0.5) is 10.5 Å². The molecule has 5 heteroatoms. The molecule has 0 bridgehead atoms. The number of rotatable bonds is 2. The molecule has 1 aromatic carbocycles. The highest BCUT2D eigenvalue weighted by atomic mass is 127. The Bertz CT molecular complexity index is 474. The van der Waals surface area contributed by atoms with Crippen molar-refractivity contribution in [3.05, 3.63) is 27.8 Å². The number of amides is 1. The van der Waals surface area contributed by atoms with E-state index in [1.807, 2.05) is 20.8 Å². The Balaban J connectivity index is 1.80. The highest BCUT2D eigenvalue weighted by molar-refractivity contribution is 14.1. The fourth-order valence-corrected chi connectivity index (χ4v) is 2.77. The van der Waals surface area contributed by atoms with Crippen LogP contribution < -0.4 is 10.2 Å². The molecule has 1 aliphatic heterocycles. The zero-order valence-corrected chi connectivity index (χ0v) is 15.0. The molecule has 1 aromatic rings. The lowest BCUT2D eigenvalue weighted by molar-refractivity contribution is 0.0497. The van der Waals surface area contributed by atoms with Crippen LogP contribution in [0.25, 0.3) is 0 Å². The average Bonchev–Trinajstić information content (AvgIpc) is 2.38. The quantitative estimate of drug-likeness (QED) is 0.766. The van der Waals surface area contributed by atoms with Gasteiger partial charge in [-0.25, -0.2) is 4.79 Å². The number of benzene rings is 1. The Morgan fingerprint density at radius 1 is 1.24 bits per heavy atom. The number of alkyl carbamates (subject to hydrolysis) is 1. The monoisotopic (exact) mass is 402 g/mol. The van der Waals surface area contributed by atoms with E-state index >= 15 is 0 Å². The van der Waals surface area contributed by atoms with Gasteiger partial charge in [-0.3, -0.25) is 0 Å². The lowest BCUT2D eigenvalue weighted by atomic mass is 10.0. The Hall–Kier alpha value is -0.980. The number of hydrogen-bond acceptors (Lipinski definition) is 3. The minimum Gasteiger partial charge on any atom is -0.444 e. The molecule has 1 amide bonds. The molecule has 0 spiro atoms. The average molecular weight is 402 g/mol. The zero-order chi connectivity index (χ0) is 15.5. The van der Waals surface area contributed by atoms with Crippen molar-refractivity contribution in [1.29, 1.82) is 0 Å². The molecule has 116 valence electrons. The van der Waals surface area contributed by atoms with Gasteiger partial charge in [0.05, 0.1) is 0 Å². The summed E-state index contributed by atoms with van der Waals surface area (Å²) < 4.78 is 6.55. The maximum Gasteiger partial charge on any atom is 0.407 e. The van der Waals surface area contributed by atoms with Crippen molar-refractivity contribution in [3.8, 4) is 0 Å². The molecule has 4 nitrogen and oxygen atoms in total. The molecule has 21 heavy (non-hydrogen) atoms. The van der Waals surface area contributed by atoms with E-state index in [0.29, 0.717) is 0 Å². The molecule has 0 saturated carbocycles. The molecular formula is C16H23IN2O2. The second kappa shape index (κ2) is 6.85. The number of halogens is 1. The Morgan fingerprint density at radius 3 is 2.33 bits per heavy atom. The van der Waals surface area contributed by atoms with E-state index in [1.54, 1.807) is 0 Å². The van der Waals surface area contributed by atoms with E-state index < -0.39 is 5.60 Å². The van der Waals surface area contributed by atoms with Crippen molar-refractivity contribution in [3.63, 3.8) is 0 Å². The van der Waals surface area contributed by atoms with Crippen molar-refractivity contribution in [2.24, 2.45) is 0 Å². The zero-order valence-electron chi connectivity index (χ0n) is 12.9. The van der Waals surface area contributed by atoms with Crippen LogP contribution in [0.3, 0.4) is 0 Å². The van der Waals surface area contributed by atoms with Crippen LogP contribution in [0.1, 0.15) is 33.6 Å². The van der Waals surface area contributed by atoms with Crippen molar-refractivity contribution in [1.82, 2.24) is 5.32 Å². The highest BCUT2D eigenvalue weighted by Gasteiger charge is 2.23. The third-order valence-electron chi connectivity index (χ3n) is 3.41. The number of ether oxygens (including phenoxy) is 1. The Kier molecular flexibility index (Phi) is 5.35. The first-order valence-electron chi connectivity index (χ1n) is 7.33. The molecule has 0 unspecified atom stereocenters. The fourth-order valence-electron chi connectivity index (χ4n) is 2.41. The topological polar surface area (TPSA) is 41.6 Å². The maximum absolute atomic E-state index is 11.8. The summed E-state index contributed by atoms with van der Waals surface area (Å²) in [6.07, 6.45) is 1.59. The molecule has 0 radical (unpaired) electrons. The summed E-state index contributed by atoms with van der Waals surface area (Å²) in [6.45, 7) is 7.56. The highest BCUT2D eigenvalue weighted by Crippen LogP contribution is 2.21. The van der Waals surface area contributed by atoms with Crippen LogP contribution in [0.15, 0.2) is 24.3 Å². The van der Waals surface area contributed by atoms with Gasteiger partial charge >= 0.3 is 6.09 Å². The third-order valence-corrected chi connectivity index (χ3v) is 4.13. The van der Waals surface area contributed by atoms with E-state index in [-0.39, 0.29) is 12.1 Å². The normalized spacial score (nSPS) is 16.7. The molecule has 2 rings (SSSR count). The molecule has 1 aliphatic rings. The maximum atomic E-state index is 11.8. The van der Waals surface area contributed by atoms with Crippen LogP contribution in [0.5, 0.6) is 0 Å². The van der Waals surface area contributed by atoms with Crippen LogP contribution in [-0.4, -0.2) is 30.8 Å². The van der Waals surface area contributed by atoms with E-state index in [4.69, 9.17) is 4.74 Å². The second-order valence-corrected chi connectivity index (χ2v) is 7.63. The number of nitrogens with one attached hydrogen (secondary N) is 1. The van der Waals surface area contributed by atoms with Crippen LogP contribution in [0, 0.1) is 3.57 Å². The molecule has 1 N–H and O–H groups in total. The van der Waals surface area contributed by atoms with Gasteiger partial charge in [0, 0.05) is 28.4 Å². The van der Waals surface area contributed by atoms with Gasteiger partial charge in [-0.1, -0.05) is 0 Å². The van der Waals surface area contributed by atoms with Gasteiger partial charge in [-0.15, -0.1) is 0 Å². The number of carbonyl (C=O) groups excluding carboxylic acids is 1. The first-order valence-corrected chi connectivity index (χ1v) is 8.41. The van der Waals surface area contributed by atoms with Crippen molar-refractivity contribution < 1.29 is 9.53 Å². The molecular weight excluding hydrogens is 379 g/mol. The standard InChI is InChI=1S/C16H23IN2O2/c1-16(2,3)21-15(20)18-13-8-10-19(11-9-13)14-6-4-12(17)5-7-14/h4-7,13H,8-11H2,1-3H3,(H,18,20). The number of piperidine rings is 1. The van der Waals surface area contributed by atoms with Gasteiger partial charge in [0.1, 0.15) is 5.60 Å². The van der Waals surface area contributed by atoms with E-state index in [0.717, 1.165) is 25.9 Å². The Morgan fingerprint density at radius 2 is 1.81 bits per heavy atom. The lowest BCUT2D eigenvalue weighted by Gasteiger charge is -2.34. The van der Waals surface area contributed by atoms with Crippen LogP contribution in [0.2, 0.25) is 0 Å². The molecule has 0 atom stereocenters. The summed E-state index contributed by atoms with van der Waals surface area (Å²) in [5.74, 6) is 0. The molecule has 0 aromatic heterocycles. The second-order valence-electron chi connectivity index (χ2n) is 6.38. The lowest BCUT2D eigenvalue weighted by Crippen LogP contribution is -2.46. The van der Waals surface area contributed by atoms with Gasteiger partial charge in [0.2, 0.25) is 0 Å². The summed E-state index contributed by atoms with van der Waals surface area (Å²) in [5.41, 5.74) is 0.817. The van der Waals surface area contributed by atoms with Gasteiger partial charge in [0.15, 0.2) is 0 Å². The predicted molar refractivity (Wildman–Crippen MR) is 93.8 cm³/mol. The minimum absolute atomic E-state index is 0.208. The van der Waals surface area contributed by atoms with Gasteiger partial charge in [-0.05, 0) is 80.5 Å². The van der Waals surface area contributed by atoms with Gasteiger partial charge in [-0.2, -0.15) is 0 Å². The summed E-state index contributed by atoms with van der Waals surface area (Å²) in [6, 6.07) is 8.77. The summed E-state index contributed by atoms with van der Waals surface area (Å²) in [5, 5.41) is 2.97. The van der Waals surface area contributed by atoms with E-state index in [9.17, 15) is 4.79 Å². The SMILES string of the molecule is CC(C)(C)OC(=O)NC1CCN(c2ccc(I)cc2)CC1. The number of carbonyl (C=O) groups is 1. The fraction of sp³-hybridized carbons (Fsp3) is 0.562. The van der Waals surface area contributed by atoms with Crippen molar-refractivity contribution >= 4 is 34.4 Å². The molecule has 1 heterocycles. The van der Waals surface area contributed by atoms with Crippen molar-refractivity contribution in [2.75, 3.05) is 18.0 Å². The molecule has 1 saturated heterocycles. The third kappa shape index (κ3) is 5.37. The van der Waals surface area contributed by atoms with Crippen LogP contribution >= 0.6 is 22.6 Å². The minimum atomic E-state index is -0.439. The van der Waals surface area contributed by atoms with Crippen LogP contribution in [-0.2, 0) is 4.74 Å².